The topological polar surface area (TPSA) is 237 Å². The first-order valence-corrected chi connectivity index (χ1v) is 42.5. The van der Waals surface area contributed by atoms with Gasteiger partial charge in [-0.15, -0.1) is 0 Å². The fourth-order valence-electron chi connectivity index (χ4n) is 10.8. The van der Waals surface area contributed by atoms with Gasteiger partial charge in [0.15, 0.2) is 12.2 Å². The van der Waals surface area contributed by atoms with Gasteiger partial charge in [0.05, 0.1) is 26.4 Å². The van der Waals surface area contributed by atoms with Gasteiger partial charge in [0, 0.05) is 25.7 Å². The largest absolute Gasteiger partial charge is 0.472 e. The lowest BCUT2D eigenvalue weighted by Gasteiger charge is -2.21. The van der Waals surface area contributed by atoms with Gasteiger partial charge >= 0.3 is 39.5 Å². The molecule has 0 radical (unpaired) electrons. The average Bonchev–Trinajstić information content (AvgIpc) is 1.04. The average molecular weight is 1430 g/mol. The van der Waals surface area contributed by atoms with E-state index in [4.69, 9.17) is 37.0 Å². The maximum absolute atomic E-state index is 13.1. The van der Waals surface area contributed by atoms with Crippen LogP contribution in [0.1, 0.15) is 362 Å². The quantitative estimate of drug-likeness (QED) is 0.0169. The number of esters is 4. The Hall–Kier alpha value is -3.24. The molecular formula is C79H144O17P2. The van der Waals surface area contributed by atoms with Crippen LogP contribution in [0.4, 0.5) is 0 Å². The summed E-state index contributed by atoms with van der Waals surface area (Å²) in [6.45, 7) is 4.83. The summed E-state index contributed by atoms with van der Waals surface area (Å²) in [5.41, 5.74) is 0. The normalized spacial score (nSPS) is 14.2. The zero-order chi connectivity index (χ0) is 71.8. The number of ether oxygens (including phenoxy) is 4. The zero-order valence-electron chi connectivity index (χ0n) is 62.5. The third-order valence-corrected chi connectivity index (χ3v) is 18.8. The number of aliphatic hydroxyl groups is 1. The van der Waals surface area contributed by atoms with E-state index in [1.807, 2.05) is 0 Å². The third kappa shape index (κ3) is 71.2. The van der Waals surface area contributed by atoms with E-state index in [1.54, 1.807) is 0 Å². The molecule has 5 atom stereocenters. The highest BCUT2D eigenvalue weighted by Crippen LogP contribution is 2.45. The molecule has 19 heteroatoms. The molecule has 572 valence electrons. The van der Waals surface area contributed by atoms with Gasteiger partial charge in [0.2, 0.25) is 0 Å². The number of allylic oxidation sites excluding steroid dienone is 10. The van der Waals surface area contributed by atoms with Crippen molar-refractivity contribution in [2.24, 2.45) is 0 Å². The first-order chi connectivity index (χ1) is 47.7. The Bertz CT molecular complexity index is 2100. The molecule has 5 unspecified atom stereocenters. The van der Waals surface area contributed by atoms with Crippen molar-refractivity contribution in [3.8, 4) is 0 Å². The van der Waals surface area contributed by atoms with Crippen LogP contribution in [0.5, 0.6) is 0 Å². The minimum Gasteiger partial charge on any atom is -0.462 e. The van der Waals surface area contributed by atoms with Crippen LogP contribution in [0.2, 0.25) is 0 Å². The van der Waals surface area contributed by atoms with E-state index < -0.39 is 97.5 Å². The van der Waals surface area contributed by atoms with E-state index in [0.717, 1.165) is 173 Å². The Morgan fingerprint density at radius 1 is 0.286 bits per heavy atom. The van der Waals surface area contributed by atoms with Crippen molar-refractivity contribution in [1.82, 2.24) is 0 Å². The fraction of sp³-hybridized carbons (Fsp3) is 0.823. The van der Waals surface area contributed by atoms with E-state index in [2.05, 4.69) is 88.5 Å². The summed E-state index contributed by atoms with van der Waals surface area (Å²) >= 11 is 0. The summed E-state index contributed by atoms with van der Waals surface area (Å²) in [6.07, 6.45) is 70.5. The second-order valence-corrected chi connectivity index (χ2v) is 29.5. The van der Waals surface area contributed by atoms with E-state index in [0.29, 0.717) is 25.7 Å². The monoisotopic (exact) mass is 1430 g/mol. The number of carbonyl (C=O) groups excluding carboxylic acids is 4. The lowest BCUT2D eigenvalue weighted by atomic mass is 10.1. The SMILES string of the molecule is CCCCCC=CCC=CCCCCCCCC(=O)OCC(COP(=O)(O)OCC(O)COP(=O)(O)OCC(COC(=O)CCCCCCCCCC=CCCCCCC)OC(=O)CCCCCCCC=CCCCCCC)OC(=O)CCCCCCCCCC=CCCCCCC. The van der Waals surface area contributed by atoms with Crippen LogP contribution in [0.25, 0.3) is 0 Å². The van der Waals surface area contributed by atoms with Gasteiger partial charge in [0.25, 0.3) is 0 Å². The van der Waals surface area contributed by atoms with Gasteiger partial charge in [-0.05, 0) is 135 Å². The van der Waals surface area contributed by atoms with Gasteiger partial charge in [-0.25, -0.2) is 9.13 Å². The molecule has 0 rings (SSSR count). The number of hydrogen-bond acceptors (Lipinski definition) is 15. The molecular weight excluding hydrogens is 1280 g/mol. The Morgan fingerprint density at radius 3 is 0.786 bits per heavy atom. The molecule has 98 heavy (non-hydrogen) atoms. The van der Waals surface area contributed by atoms with Crippen LogP contribution in [0.15, 0.2) is 60.8 Å². The van der Waals surface area contributed by atoms with Crippen LogP contribution < -0.4 is 0 Å². The van der Waals surface area contributed by atoms with Gasteiger partial charge in [-0.2, -0.15) is 0 Å². The smallest absolute Gasteiger partial charge is 0.462 e. The zero-order valence-corrected chi connectivity index (χ0v) is 64.3. The molecule has 3 N–H and O–H groups in total. The van der Waals surface area contributed by atoms with E-state index in [1.165, 1.54) is 109 Å². The van der Waals surface area contributed by atoms with Gasteiger partial charge in [0.1, 0.15) is 19.3 Å². The first kappa shape index (κ1) is 94.8. The predicted octanol–water partition coefficient (Wildman–Crippen LogP) is 22.7. The summed E-state index contributed by atoms with van der Waals surface area (Å²) in [7, 11) is -9.94. The summed E-state index contributed by atoms with van der Waals surface area (Å²) in [4.78, 5) is 72.9. The number of phosphoric acid groups is 2. The molecule has 0 bridgehead atoms. The summed E-state index contributed by atoms with van der Waals surface area (Å²) in [5.74, 6) is -2.18. The molecule has 17 nitrogen and oxygen atoms in total. The maximum Gasteiger partial charge on any atom is 0.472 e. The molecule has 0 aromatic rings. The Kier molecular flexibility index (Phi) is 69.7. The third-order valence-electron chi connectivity index (χ3n) is 16.9. The molecule has 0 amide bonds. The molecule has 0 aromatic heterocycles. The minimum atomic E-state index is -4.97. The number of carbonyl (C=O) groups is 4. The maximum atomic E-state index is 13.1. The van der Waals surface area contributed by atoms with E-state index in [-0.39, 0.29) is 25.7 Å². The Balaban J connectivity index is 5.34. The van der Waals surface area contributed by atoms with Crippen molar-refractivity contribution in [2.45, 2.75) is 380 Å². The van der Waals surface area contributed by atoms with Gasteiger partial charge in [-0.1, -0.05) is 262 Å². The number of rotatable bonds is 75. The van der Waals surface area contributed by atoms with Crippen LogP contribution in [-0.2, 0) is 65.4 Å². The molecule has 0 fully saturated rings. The van der Waals surface area contributed by atoms with Crippen molar-refractivity contribution < 1.29 is 80.2 Å². The predicted molar refractivity (Wildman–Crippen MR) is 400 cm³/mol. The van der Waals surface area contributed by atoms with Crippen LogP contribution in [-0.4, -0.2) is 96.7 Å². The van der Waals surface area contributed by atoms with Crippen molar-refractivity contribution in [2.75, 3.05) is 39.6 Å². The van der Waals surface area contributed by atoms with Crippen molar-refractivity contribution in [3.63, 3.8) is 0 Å². The number of unbranched alkanes of at least 4 members (excludes halogenated alkanes) is 39. The van der Waals surface area contributed by atoms with E-state index in [9.17, 15) is 43.2 Å². The summed E-state index contributed by atoms with van der Waals surface area (Å²) < 4.78 is 68.5. The number of hydrogen-bond donors (Lipinski definition) is 3. The molecule has 0 spiro atoms. The standard InChI is InChI=1S/C79H144O17P2/c1-5-9-13-17-21-25-29-33-36-40-43-47-51-55-59-63-76(81)89-69-74(95-78(83)65-61-57-53-49-45-39-32-28-24-20-16-12-8-4)71-93-97(85,86)91-67-73(80)68-92-98(87,88)94-72-75(96-79(84)66-62-58-54-50-46-42-38-35-31-27-23-19-15-11-7-3)70-90-77(82)64-60-56-52-48-44-41-37-34-30-26-22-18-14-10-6-2/h22,25-29,31-32,34,37,73-75,80H,5-21,23-24,30,33,35-36,38-72H2,1-4H3,(H,85,86)(H,87,88). The highest BCUT2D eigenvalue weighted by atomic mass is 31.2. The molecule has 0 saturated heterocycles. The van der Waals surface area contributed by atoms with Crippen molar-refractivity contribution in [3.05, 3.63) is 60.8 Å². The van der Waals surface area contributed by atoms with Crippen LogP contribution in [0, 0.1) is 0 Å². The fourth-order valence-corrected chi connectivity index (χ4v) is 12.4. The Morgan fingerprint density at radius 2 is 0.500 bits per heavy atom. The second-order valence-electron chi connectivity index (χ2n) is 26.6. The van der Waals surface area contributed by atoms with Gasteiger partial charge in [-0.3, -0.25) is 37.3 Å². The number of phosphoric ester groups is 2. The lowest BCUT2D eigenvalue weighted by molar-refractivity contribution is -0.161. The summed E-state index contributed by atoms with van der Waals surface area (Å²) in [6, 6.07) is 0. The molecule has 0 saturated carbocycles. The minimum absolute atomic E-state index is 0.0879. The van der Waals surface area contributed by atoms with E-state index >= 15 is 0 Å². The summed E-state index contributed by atoms with van der Waals surface area (Å²) in [5, 5.41) is 10.6. The second kappa shape index (κ2) is 72.1. The number of aliphatic hydroxyl groups excluding tert-OH is 1. The molecule has 0 aliphatic heterocycles. The van der Waals surface area contributed by atoms with Gasteiger partial charge < -0.3 is 33.8 Å². The molecule has 0 aliphatic rings. The van der Waals surface area contributed by atoms with Crippen LogP contribution >= 0.6 is 15.6 Å². The first-order valence-electron chi connectivity index (χ1n) is 39.5. The van der Waals surface area contributed by atoms with Crippen molar-refractivity contribution in [1.29, 1.82) is 0 Å². The Labute approximate surface area is 597 Å². The highest BCUT2D eigenvalue weighted by Gasteiger charge is 2.30. The molecule has 0 aromatic carbocycles. The van der Waals surface area contributed by atoms with Crippen LogP contribution in [0.3, 0.4) is 0 Å². The molecule has 0 aliphatic carbocycles. The highest BCUT2D eigenvalue weighted by molar-refractivity contribution is 7.47. The lowest BCUT2D eigenvalue weighted by Crippen LogP contribution is -2.30. The molecule has 0 heterocycles. The van der Waals surface area contributed by atoms with Crippen molar-refractivity contribution >= 4 is 39.5 Å².